The minimum atomic E-state index is -3.65. The number of rotatable bonds is 4. The lowest BCUT2D eigenvalue weighted by Crippen LogP contribution is -2.49. The van der Waals surface area contributed by atoms with Crippen molar-refractivity contribution >= 4 is 37.4 Å². The number of sulfonamides is 1. The number of aryl methyl sites for hydroxylation is 3. The molecule has 1 fully saturated rings. The van der Waals surface area contributed by atoms with Crippen LogP contribution in [0.3, 0.4) is 0 Å². The molecule has 0 spiro atoms. The Morgan fingerprint density at radius 2 is 1.72 bits per heavy atom. The molecule has 1 aliphatic heterocycles. The molecule has 0 aliphatic carbocycles. The fraction of sp³-hybridized carbons (Fsp3) is 0.318. The van der Waals surface area contributed by atoms with E-state index in [0.717, 1.165) is 27.2 Å². The van der Waals surface area contributed by atoms with Gasteiger partial charge in [0.2, 0.25) is 10.0 Å². The number of thiophene rings is 1. The molecule has 0 saturated carbocycles. The van der Waals surface area contributed by atoms with Crippen molar-refractivity contribution in [2.24, 2.45) is 0 Å². The Kier molecular flexibility index (Phi) is 5.23. The first-order valence-electron chi connectivity index (χ1n) is 10.3. The average Bonchev–Trinajstić information content (AvgIpc) is 3.37. The number of piperazine rings is 1. The summed E-state index contributed by atoms with van der Waals surface area (Å²) in [6.07, 6.45) is 1.58. The number of nitrogens with zero attached hydrogens (tertiary/aromatic N) is 5. The molecular weight excluding hydrogens is 446 g/mol. The Morgan fingerprint density at radius 3 is 2.38 bits per heavy atom. The first-order chi connectivity index (χ1) is 15.4. The molecule has 0 bridgehead atoms. The normalized spacial score (nSPS) is 15.5. The summed E-state index contributed by atoms with van der Waals surface area (Å²) < 4.78 is 32.9. The molecule has 0 atom stereocenters. The summed E-state index contributed by atoms with van der Waals surface area (Å²) in [5.41, 5.74) is 3.83. The van der Waals surface area contributed by atoms with Gasteiger partial charge in [0, 0.05) is 37.1 Å². The predicted molar refractivity (Wildman–Crippen MR) is 125 cm³/mol. The summed E-state index contributed by atoms with van der Waals surface area (Å²) >= 11 is 1.60. The Balaban J connectivity index is 1.45. The number of aromatic nitrogens is 3. The number of fused-ring (bicyclic) bond motifs is 1. The zero-order chi connectivity index (χ0) is 22.5. The minimum absolute atomic E-state index is 0.176. The standard InChI is InChI=1S/C22H23N5O3S2/c1-14-4-6-17(7-5-14)18-12-31-22-19(18)21(23-13-24-22)26-8-10-27(11-9-26)32(28,29)20-15(2)25-30-16(20)3/h4-7,12-13H,8-11H2,1-3H3. The lowest BCUT2D eigenvalue weighted by atomic mass is 10.0. The molecule has 1 saturated heterocycles. The summed E-state index contributed by atoms with van der Waals surface area (Å²) in [5.74, 6) is 1.17. The summed E-state index contributed by atoms with van der Waals surface area (Å²) in [7, 11) is -3.65. The van der Waals surface area contributed by atoms with E-state index in [1.165, 1.54) is 9.87 Å². The van der Waals surface area contributed by atoms with Gasteiger partial charge < -0.3 is 9.42 Å². The van der Waals surface area contributed by atoms with Crippen molar-refractivity contribution in [1.29, 1.82) is 0 Å². The summed E-state index contributed by atoms with van der Waals surface area (Å²) in [6, 6.07) is 8.42. The molecule has 10 heteroatoms. The molecule has 8 nitrogen and oxygen atoms in total. The van der Waals surface area contributed by atoms with Gasteiger partial charge >= 0.3 is 0 Å². The molecule has 3 aromatic heterocycles. The van der Waals surface area contributed by atoms with Gasteiger partial charge in [0.1, 0.15) is 27.6 Å². The van der Waals surface area contributed by atoms with E-state index in [-0.39, 0.29) is 4.90 Å². The Labute approximate surface area is 190 Å². The maximum atomic E-state index is 13.2. The molecule has 0 amide bonds. The van der Waals surface area contributed by atoms with Crippen LogP contribution in [0, 0.1) is 20.8 Å². The van der Waals surface area contributed by atoms with Crippen molar-refractivity contribution in [1.82, 2.24) is 19.4 Å². The van der Waals surface area contributed by atoms with Crippen LogP contribution in [0.25, 0.3) is 21.3 Å². The van der Waals surface area contributed by atoms with Crippen LogP contribution in [-0.4, -0.2) is 54.0 Å². The number of benzene rings is 1. The van der Waals surface area contributed by atoms with Gasteiger partial charge in [-0.05, 0) is 26.3 Å². The number of anilines is 1. The van der Waals surface area contributed by atoms with Gasteiger partial charge in [0.25, 0.3) is 0 Å². The van der Waals surface area contributed by atoms with Crippen molar-refractivity contribution < 1.29 is 12.9 Å². The quantitative estimate of drug-likeness (QED) is 0.449. The van der Waals surface area contributed by atoms with Crippen molar-refractivity contribution in [2.45, 2.75) is 25.7 Å². The van der Waals surface area contributed by atoms with Crippen LogP contribution >= 0.6 is 11.3 Å². The van der Waals surface area contributed by atoms with Gasteiger partial charge in [-0.25, -0.2) is 18.4 Å². The molecule has 0 N–H and O–H groups in total. The second-order valence-electron chi connectivity index (χ2n) is 7.94. The van der Waals surface area contributed by atoms with Crippen LogP contribution in [0.4, 0.5) is 5.82 Å². The monoisotopic (exact) mass is 469 g/mol. The van der Waals surface area contributed by atoms with Crippen LogP contribution in [0.1, 0.15) is 17.0 Å². The van der Waals surface area contributed by atoms with Crippen LogP contribution < -0.4 is 4.90 Å². The van der Waals surface area contributed by atoms with Gasteiger partial charge in [0.15, 0.2) is 5.76 Å². The van der Waals surface area contributed by atoms with Crippen LogP contribution in [0.15, 0.2) is 45.4 Å². The lowest BCUT2D eigenvalue weighted by molar-refractivity contribution is 0.378. The third-order valence-corrected chi connectivity index (χ3v) is 8.85. The fourth-order valence-electron chi connectivity index (χ4n) is 4.16. The lowest BCUT2D eigenvalue weighted by Gasteiger charge is -2.34. The van der Waals surface area contributed by atoms with Gasteiger partial charge in [-0.3, -0.25) is 0 Å². The highest BCUT2D eigenvalue weighted by Crippen LogP contribution is 2.38. The highest BCUT2D eigenvalue weighted by Gasteiger charge is 2.34. The van der Waals surface area contributed by atoms with Gasteiger partial charge in [-0.15, -0.1) is 11.3 Å². The molecule has 166 valence electrons. The molecule has 4 heterocycles. The van der Waals surface area contributed by atoms with E-state index < -0.39 is 10.0 Å². The van der Waals surface area contributed by atoms with E-state index in [1.54, 1.807) is 31.5 Å². The average molecular weight is 470 g/mol. The summed E-state index contributed by atoms with van der Waals surface area (Å²) in [4.78, 5) is 12.3. The second kappa shape index (κ2) is 7.95. The topological polar surface area (TPSA) is 92.4 Å². The first-order valence-corrected chi connectivity index (χ1v) is 12.7. The molecule has 32 heavy (non-hydrogen) atoms. The van der Waals surface area contributed by atoms with Gasteiger partial charge in [-0.2, -0.15) is 4.31 Å². The summed E-state index contributed by atoms with van der Waals surface area (Å²) in [6.45, 7) is 7.16. The molecular formula is C22H23N5O3S2. The van der Waals surface area contributed by atoms with E-state index in [0.29, 0.717) is 37.6 Å². The molecule has 0 unspecified atom stereocenters. The van der Waals surface area contributed by atoms with Crippen molar-refractivity contribution in [2.75, 3.05) is 31.1 Å². The van der Waals surface area contributed by atoms with Crippen molar-refractivity contribution in [3.05, 3.63) is 53.0 Å². The van der Waals surface area contributed by atoms with Crippen molar-refractivity contribution in [3.63, 3.8) is 0 Å². The highest BCUT2D eigenvalue weighted by molar-refractivity contribution is 7.89. The molecule has 4 aromatic rings. The Hall–Kier alpha value is -2.82. The largest absolute Gasteiger partial charge is 0.360 e. The van der Waals surface area contributed by atoms with E-state index in [2.05, 4.69) is 56.6 Å². The number of hydrogen-bond acceptors (Lipinski definition) is 8. The second-order valence-corrected chi connectivity index (χ2v) is 10.7. The fourth-order valence-corrected chi connectivity index (χ4v) is 6.78. The van der Waals surface area contributed by atoms with Crippen LogP contribution in [-0.2, 0) is 10.0 Å². The predicted octanol–water partition coefficient (Wildman–Crippen LogP) is 3.78. The minimum Gasteiger partial charge on any atom is -0.360 e. The molecule has 5 rings (SSSR count). The maximum absolute atomic E-state index is 13.2. The van der Waals surface area contributed by atoms with E-state index in [9.17, 15) is 8.42 Å². The van der Waals surface area contributed by atoms with E-state index >= 15 is 0 Å². The highest BCUT2D eigenvalue weighted by atomic mass is 32.2. The smallest absolute Gasteiger partial charge is 0.248 e. The first kappa shape index (κ1) is 21.0. The maximum Gasteiger partial charge on any atom is 0.248 e. The molecule has 1 aromatic carbocycles. The van der Waals surface area contributed by atoms with Gasteiger partial charge in [0.05, 0.1) is 5.39 Å². The zero-order valence-electron chi connectivity index (χ0n) is 18.1. The van der Waals surface area contributed by atoms with Crippen LogP contribution in [0.2, 0.25) is 0 Å². The van der Waals surface area contributed by atoms with E-state index in [1.807, 2.05) is 0 Å². The van der Waals surface area contributed by atoms with Gasteiger partial charge in [-0.1, -0.05) is 35.0 Å². The number of hydrogen-bond donors (Lipinski definition) is 0. The van der Waals surface area contributed by atoms with Crippen LogP contribution in [0.5, 0.6) is 0 Å². The molecule has 0 radical (unpaired) electrons. The Bertz CT molecular complexity index is 1370. The summed E-state index contributed by atoms with van der Waals surface area (Å²) in [5, 5.41) is 6.94. The third kappa shape index (κ3) is 3.48. The Morgan fingerprint density at radius 1 is 1.00 bits per heavy atom. The SMILES string of the molecule is Cc1ccc(-c2csc3ncnc(N4CCN(S(=O)(=O)c5c(C)noc5C)CC4)c23)cc1. The third-order valence-electron chi connectivity index (χ3n) is 5.82. The van der Waals surface area contributed by atoms with E-state index in [4.69, 9.17) is 4.52 Å². The molecule has 1 aliphatic rings. The zero-order valence-corrected chi connectivity index (χ0v) is 19.7. The van der Waals surface area contributed by atoms with Crippen molar-refractivity contribution in [3.8, 4) is 11.1 Å².